The van der Waals surface area contributed by atoms with Crippen molar-refractivity contribution in [3.8, 4) is 17.2 Å². The molecule has 0 aromatic heterocycles. The lowest BCUT2D eigenvalue weighted by Crippen LogP contribution is -2.44. The van der Waals surface area contributed by atoms with Crippen molar-refractivity contribution in [2.75, 3.05) is 34.5 Å². The number of hydrogen-bond donors (Lipinski definition) is 5. The number of rotatable bonds is 7. The van der Waals surface area contributed by atoms with Gasteiger partial charge in [-0.15, -0.1) is 0 Å². The maximum Gasteiger partial charge on any atom is 0.255 e. The summed E-state index contributed by atoms with van der Waals surface area (Å²) in [6.45, 7) is -0.253. The molecule has 140 valence electrons. The molecule has 1 fully saturated rings. The number of benzene rings is 1. The number of aliphatic hydroxyl groups is 3. The highest BCUT2D eigenvalue weighted by Crippen LogP contribution is 2.34. The van der Waals surface area contributed by atoms with E-state index in [2.05, 4.69) is 10.6 Å². The molecule has 1 aliphatic rings. The Bertz CT molecular complexity index is 610. The van der Waals surface area contributed by atoms with Gasteiger partial charge >= 0.3 is 0 Å². The zero-order chi connectivity index (χ0) is 18.6. The van der Waals surface area contributed by atoms with Gasteiger partial charge in [0.25, 0.3) is 5.91 Å². The Labute approximate surface area is 145 Å². The fourth-order valence-electron chi connectivity index (χ4n) is 2.79. The number of amides is 1. The van der Waals surface area contributed by atoms with Crippen LogP contribution in [0.3, 0.4) is 0 Å². The second kappa shape index (κ2) is 8.34. The number of methoxy groups -OCH3 is 3. The standard InChI is InChI=1S/C16H24N2O7/c1-23-11-5-13(25-3)12(24-2)4-8(11)16(22)17-6-9-14(20)15(21)10(7-19)18-9/h4-5,9-10,14-15,18-21H,6-7H2,1-3H3,(H,17,22)/t9-,10+,14+,15-/m0/s1. The van der Waals surface area contributed by atoms with Crippen molar-refractivity contribution < 1.29 is 34.3 Å². The molecule has 4 atom stereocenters. The van der Waals surface area contributed by atoms with Gasteiger partial charge in [-0.25, -0.2) is 0 Å². The van der Waals surface area contributed by atoms with E-state index in [1.54, 1.807) is 6.07 Å². The minimum atomic E-state index is -1.09. The van der Waals surface area contributed by atoms with Gasteiger partial charge in [0, 0.05) is 18.7 Å². The molecule has 0 bridgehead atoms. The molecule has 5 N–H and O–H groups in total. The highest BCUT2D eigenvalue weighted by atomic mass is 16.5. The van der Waals surface area contributed by atoms with Crippen LogP contribution in [-0.2, 0) is 0 Å². The van der Waals surface area contributed by atoms with Crippen molar-refractivity contribution in [3.63, 3.8) is 0 Å². The van der Waals surface area contributed by atoms with Crippen LogP contribution in [0.1, 0.15) is 10.4 Å². The molecule has 0 saturated carbocycles. The first-order valence-corrected chi connectivity index (χ1v) is 7.78. The van der Waals surface area contributed by atoms with Crippen molar-refractivity contribution in [2.24, 2.45) is 0 Å². The van der Waals surface area contributed by atoms with Gasteiger partial charge in [-0.1, -0.05) is 0 Å². The maximum atomic E-state index is 12.5. The van der Waals surface area contributed by atoms with Gasteiger partial charge in [-0.05, 0) is 0 Å². The third-order valence-electron chi connectivity index (χ3n) is 4.23. The maximum absolute atomic E-state index is 12.5. The van der Waals surface area contributed by atoms with E-state index in [1.807, 2.05) is 0 Å². The van der Waals surface area contributed by atoms with E-state index < -0.39 is 30.2 Å². The van der Waals surface area contributed by atoms with E-state index in [4.69, 9.17) is 19.3 Å². The molecular formula is C16H24N2O7. The first kappa shape index (κ1) is 19.3. The van der Waals surface area contributed by atoms with E-state index in [1.165, 1.54) is 27.4 Å². The molecule has 9 nitrogen and oxygen atoms in total. The zero-order valence-electron chi connectivity index (χ0n) is 14.4. The molecular weight excluding hydrogens is 332 g/mol. The number of aliphatic hydroxyl groups excluding tert-OH is 3. The molecule has 25 heavy (non-hydrogen) atoms. The van der Waals surface area contributed by atoms with Crippen molar-refractivity contribution in [1.82, 2.24) is 10.6 Å². The molecule has 0 aliphatic carbocycles. The van der Waals surface area contributed by atoms with Crippen molar-refractivity contribution in [1.29, 1.82) is 0 Å². The van der Waals surface area contributed by atoms with E-state index >= 15 is 0 Å². The van der Waals surface area contributed by atoms with Crippen LogP contribution in [-0.4, -0.2) is 80.0 Å². The van der Waals surface area contributed by atoms with Gasteiger partial charge in [-0.3, -0.25) is 4.79 Å². The first-order valence-electron chi connectivity index (χ1n) is 7.78. The Morgan fingerprint density at radius 1 is 1.04 bits per heavy atom. The van der Waals surface area contributed by atoms with E-state index in [0.717, 1.165) is 0 Å². The molecule has 1 aromatic carbocycles. The van der Waals surface area contributed by atoms with Crippen LogP contribution in [0.15, 0.2) is 12.1 Å². The van der Waals surface area contributed by atoms with E-state index in [9.17, 15) is 15.0 Å². The summed E-state index contributed by atoms with van der Waals surface area (Å²) in [6.07, 6.45) is -2.19. The van der Waals surface area contributed by atoms with E-state index in [0.29, 0.717) is 17.2 Å². The van der Waals surface area contributed by atoms with Gasteiger partial charge in [-0.2, -0.15) is 0 Å². The molecule has 1 aromatic rings. The quantitative estimate of drug-likeness (QED) is 0.399. The summed E-state index contributed by atoms with van der Waals surface area (Å²) in [5, 5.41) is 34.4. The molecule has 0 unspecified atom stereocenters. The average Bonchev–Trinajstić information content (AvgIpc) is 2.92. The molecule has 1 aliphatic heterocycles. The number of carbonyl (C=O) groups excluding carboxylic acids is 1. The minimum absolute atomic E-state index is 0.0606. The minimum Gasteiger partial charge on any atom is -0.496 e. The molecule has 9 heteroatoms. The molecule has 2 rings (SSSR count). The van der Waals surface area contributed by atoms with Gasteiger partial charge < -0.3 is 40.2 Å². The highest BCUT2D eigenvalue weighted by molar-refractivity contribution is 5.97. The van der Waals surface area contributed by atoms with Gasteiger partial charge in [0.2, 0.25) is 0 Å². The van der Waals surface area contributed by atoms with Crippen LogP contribution in [0.2, 0.25) is 0 Å². The van der Waals surface area contributed by atoms with Gasteiger partial charge in [0.15, 0.2) is 11.5 Å². The van der Waals surface area contributed by atoms with E-state index in [-0.39, 0.29) is 18.7 Å². The summed E-state index contributed by atoms with van der Waals surface area (Å²) in [5.74, 6) is 0.679. The van der Waals surface area contributed by atoms with Crippen LogP contribution < -0.4 is 24.8 Å². The molecule has 1 amide bonds. The topological polar surface area (TPSA) is 130 Å². The Balaban J connectivity index is 2.10. The summed E-state index contributed by atoms with van der Waals surface area (Å²) in [4.78, 5) is 12.5. The second-order valence-corrected chi connectivity index (χ2v) is 5.66. The van der Waals surface area contributed by atoms with Gasteiger partial charge in [0.05, 0.1) is 57.8 Å². The molecule has 1 saturated heterocycles. The van der Waals surface area contributed by atoms with Crippen LogP contribution in [0.25, 0.3) is 0 Å². The fourth-order valence-corrected chi connectivity index (χ4v) is 2.79. The third-order valence-corrected chi connectivity index (χ3v) is 4.23. The third kappa shape index (κ3) is 3.96. The average molecular weight is 356 g/mol. The summed E-state index contributed by atoms with van der Waals surface area (Å²) < 4.78 is 15.6. The number of carbonyl (C=O) groups is 1. The SMILES string of the molecule is COc1cc(OC)c(C(=O)NC[C@@H]2N[C@H](CO)[C@H](O)[C@@H]2O)cc1OC. The lowest BCUT2D eigenvalue weighted by atomic mass is 10.1. The Kier molecular flexibility index (Phi) is 6.43. The number of ether oxygens (including phenoxy) is 3. The van der Waals surface area contributed by atoms with Crippen LogP contribution in [0.4, 0.5) is 0 Å². The Morgan fingerprint density at radius 3 is 2.12 bits per heavy atom. The summed E-state index contributed by atoms with van der Waals surface area (Å²) in [7, 11) is 4.37. The smallest absolute Gasteiger partial charge is 0.255 e. The van der Waals surface area contributed by atoms with Gasteiger partial charge in [0.1, 0.15) is 5.75 Å². The highest BCUT2D eigenvalue weighted by Gasteiger charge is 2.40. The van der Waals surface area contributed by atoms with Crippen molar-refractivity contribution in [2.45, 2.75) is 24.3 Å². The Hall–Kier alpha value is -2.07. The molecule has 1 heterocycles. The predicted molar refractivity (Wildman–Crippen MR) is 88.2 cm³/mol. The molecule has 0 radical (unpaired) electrons. The summed E-state index contributed by atoms with van der Waals surface area (Å²) in [5.41, 5.74) is 0.242. The van der Waals surface area contributed by atoms with Crippen LogP contribution >= 0.6 is 0 Å². The largest absolute Gasteiger partial charge is 0.496 e. The fraction of sp³-hybridized carbons (Fsp3) is 0.562. The second-order valence-electron chi connectivity index (χ2n) is 5.66. The lowest BCUT2D eigenvalue weighted by molar-refractivity contribution is 0.0197. The number of hydrogen-bond acceptors (Lipinski definition) is 8. The van der Waals surface area contributed by atoms with Crippen LogP contribution in [0.5, 0.6) is 17.2 Å². The predicted octanol–water partition coefficient (Wildman–Crippen LogP) is -1.50. The zero-order valence-corrected chi connectivity index (χ0v) is 14.4. The summed E-state index contributed by atoms with van der Waals surface area (Å²) >= 11 is 0. The van der Waals surface area contributed by atoms with Crippen molar-refractivity contribution >= 4 is 5.91 Å². The Morgan fingerprint density at radius 2 is 1.60 bits per heavy atom. The normalized spacial score (nSPS) is 25.5. The summed E-state index contributed by atoms with van der Waals surface area (Å²) in [6, 6.07) is 1.83. The van der Waals surface area contributed by atoms with Crippen molar-refractivity contribution in [3.05, 3.63) is 17.7 Å². The molecule has 0 spiro atoms. The lowest BCUT2D eigenvalue weighted by Gasteiger charge is -2.18. The monoisotopic (exact) mass is 356 g/mol. The first-order chi connectivity index (χ1) is 12.0. The number of nitrogens with one attached hydrogen (secondary N) is 2. The van der Waals surface area contributed by atoms with Crippen LogP contribution in [0, 0.1) is 0 Å².